The molecule has 7 heteroatoms. The normalized spacial score (nSPS) is 11.7. The predicted octanol–water partition coefficient (Wildman–Crippen LogP) is 0.0216. The second-order valence-electron chi connectivity index (χ2n) is 4.36. The number of carboxylic acid groups (broad SMARTS) is 1. The van der Waals surface area contributed by atoms with Crippen LogP contribution in [0.4, 0.5) is 4.79 Å². The van der Waals surface area contributed by atoms with Crippen LogP contribution in [0.1, 0.15) is 5.56 Å². The van der Waals surface area contributed by atoms with Gasteiger partial charge in [0.1, 0.15) is 11.8 Å². The van der Waals surface area contributed by atoms with Gasteiger partial charge < -0.3 is 25.5 Å². The van der Waals surface area contributed by atoms with E-state index in [-0.39, 0.29) is 25.3 Å². The van der Waals surface area contributed by atoms with E-state index in [9.17, 15) is 9.59 Å². The van der Waals surface area contributed by atoms with Crippen LogP contribution in [0.15, 0.2) is 24.3 Å². The Balaban J connectivity index is 2.67. The highest BCUT2D eigenvalue weighted by Crippen LogP contribution is 2.11. The molecule has 1 rings (SSSR count). The van der Waals surface area contributed by atoms with Gasteiger partial charge in [0, 0.05) is 20.0 Å². The fourth-order valence-electron chi connectivity index (χ4n) is 1.58. The SMILES string of the molecule is CN(CCO)C(=O)N[C@H](Cc1ccc(O)cc1)C(=O)O. The second-order valence-corrected chi connectivity index (χ2v) is 4.36. The predicted molar refractivity (Wildman–Crippen MR) is 71.5 cm³/mol. The molecule has 0 aliphatic carbocycles. The minimum absolute atomic E-state index is 0.0901. The van der Waals surface area contributed by atoms with Gasteiger partial charge in [-0.2, -0.15) is 0 Å². The van der Waals surface area contributed by atoms with Crippen molar-refractivity contribution in [3.63, 3.8) is 0 Å². The Morgan fingerprint density at radius 2 is 1.90 bits per heavy atom. The van der Waals surface area contributed by atoms with Gasteiger partial charge in [0.05, 0.1) is 6.61 Å². The van der Waals surface area contributed by atoms with Gasteiger partial charge in [-0.1, -0.05) is 12.1 Å². The molecule has 0 spiro atoms. The molecule has 0 heterocycles. The third-order valence-corrected chi connectivity index (χ3v) is 2.75. The van der Waals surface area contributed by atoms with Crippen molar-refractivity contribution in [3.8, 4) is 5.75 Å². The number of nitrogens with one attached hydrogen (secondary N) is 1. The molecule has 110 valence electrons. The van der Waals surface area contributed by atoms with Gasteiger partial charge in [-0.3, -0.25) is 0 Å². The van der Waals surface area contributed by atoms with Crippen LogP contribution < -0.4 is 5.32 Å². The number of aliphatic hydroxyl groups excluding tert-OH is 1. The summed E-state index contributed by atoms with van der Waals surface area (Å²) in [6, 6.07) is 4.45. The average molecular weight is 282 g/mol. The first-order valence-corrected chi connectivity index (χ1v) is 6.07. The lowest BCUT2D eigenvalue weighted by Crippen LogP contribution is -2.48. The number of hydrogen-bond donors (Lipinski definition) is 4. The van der Waals surface area contributed by atoms with Crippen LogP contribution in [0.5, 0.6) is 5.75 Å². The molecular weight excluding hydrogens is 264 g/mol. The molecule has 0 saturated heterocycles. The summed E-state index contributed by atoms with van der Waals surface area (Å²) < 4.78 is 0. The number of urea groups is 1. The molecule has 7 nitrogen and oxygen atoms in total. The molecular formula is C13H18N2O5. The summed E-state index contributed by atoms with van der Waals surface area (Å²) in [5.41, 5.74) is 0.681. The van der Waals surface area contributed by atoms with Crippen LogP contribution in [-0.4, -0.2) is 58.5 Å². The maximum Gasteiger partial charge on any atom is 0.326 e. The van der Waals surface area contributed by atoms with E-state index in [0.717, 1.165) is 0 Å². The van der Waals surface area contributed by atoms with E-state index in [2.05, 4.69) is 5.32 Å². The van der Waals surface area contributed by atoms with Gasteiger partial charge in [0.25, 0.3) is 0 Å². The summed E-state index contributed by atoms with van der Waals surface area (Å²) >= 11 is 0. The third kappa shape index (κ3) is 4.77. The van der Waals surface area contributed by atoms with Crippen molar-refractivity contribution in [1.29, 1.82) is 0 Å². The highest BCUT2D eigenvalue weighted by atomic mass is 16.4. The molecule has 20 heavy (non-hydrogen) atoms. The fraction of sp³-hybridized carbons (Fsp3) is 0.385. The van der Waals surface area contributed by atoms with Crippen molar-refractivity contribution in [2.75, 3.05) is 20.2 Å². The molecule has 0 unspecified atom stereocenters. The number of hydrogen-bond acceptors (Lipinski definition) is 4. The maximum atomic E-state index is 11.7. The third-order valence-electron chi connectivity index (χ3n) is 2.75. The van der Waals surface area contributed by atoms with Crippen LogP contribution in [0.3, 0.4) is 0 Å². The molecule has 0 bridgehead atoms. The van der Waals surface area contributed by atoms with Crippen molar-refractivity contribution < 1.29 is 24.9 Å². The molecule has 0 aromatic heterocycles. The van der Waals surface area contributed by atoms with Crippen molar-refractivity contribution in [1.82, 2.24) is 10.2 Å². The van der Waals surface area contributed by atoms with E-state index in [0.29, 0.717) is 5.56 Å². The number of phenolic OH excluding ortho intramolecular Hbond substituents is 1. The molecule has 0 radical (unpaired) electrons. The number of benzene rings is 1. The van der Waals surface area contributed by atoms with Gasteiger partial charge in [-0.25, -0.2) is 9.59 Å². The molecule has 1 atom stereocenters. The summed E-state index contributed by atoms with van der Waals surface area (Å²) in [5, 5.41) is 29.4. The van der Waals surface area contributed by atoms with Crippen LogP contribution in [0, 0.1) is 0 Å². The molecule has 0 saturated carbocycles. The van der Waals surface area contributed by atoms with E-state index in [1.165, 1.54) is 24.1 Å². The van der Waals surface area contributed by atoms with Gasteiger partial charge in [-0.05, 0) is 17.7 Å². The van der Waals surface area contributed by atoms with Crippen molar-refractivity contribution >= 4 is 12.0 Å². The van der Waals surface area contributed by atoms with Gasteiger partial charge in [0.2, 0.25) is 0 Å². The van der Waals surface area contributed by atoms with Crippen LogP contribution in [-0.2, 0) is 11.2 Å². The first kappa shape index (κ1) is 15.8. The summed E-state index contributed by atoms with van der Waals surface area (Å²) in [5.74, 6) is -1.06. The Hall–Kier alpha value is -2.28. The van der Waals surface area contributed by atoms with Gasteiger partial charge >= 0.3 is 12.0 Å². The fourth-order valence-corrected chi connectivity index (χ4v) is 1.58. The summed E-state index contributed by atoms with van der Waals surface area (Å²) in [4.78, 5) is 24.0. The second kappa shape index (κ2) is 7.34. The van der Waals surface area contributed by atoms with Crippen molar-refractivity contribution in [2.24, 2.45) is 0 Å². The topological polar surface area (TPSA) is 110 Å². The molecule has 0 aliphatic heterocycles. The number of carbonyl (C=O) groups is 2. The number of rotatable bonds is 6. The maximum absolute atomic E-state index is 11.7. The number of likely N-dealkylation sites (N-methyl/N-ethyl adjacent to an activating group) is 1. The molecule has 4 N–H and O–H groups in total. The number of amides is 2. The summed E-state index contributed by atoms with van der Waals surface area (Å²) in [7, 11) is 1.46. The number of phenols is 1. The molecule has 0 fully saturated rings. The summed E-state index contributed by atoms with van der Waals surface area (Å²) in [6.45, 7) is -0.0724. The van der Waals surface area contributed by atoms with Crippen LogP contribution in [0.25, 0.3) is 0 Å². The Kier molecular flexibility index (Phi) is 5.79. The number of carbonyl (C=O) groups excluding carboxylic acids is 1. The number of aliphatic hydroxyl groups is 1. The Bertz CT molecular complexity index is 460. The quantitative estimate of drug-likeness (QED) is 0.588. The van der Waals surface area contributed by atoms with Crippen LogP contribution >= 0.6 is 0 Å². The zero-order valence-electron chi connectivity index (χ0n) is 11.1. The number of aromatic hydroxyl groups is 1. The Morgan fingerprint density at radius 1 is 1.30 bits per heavy atom. The largest absolute Gasteiger partial charge is 0.508 e. The monoisotopic (exact) mass is 282 g/mol. The van der Waals surface area contributed by atoms with E-state index < -0.39 is 18.0 Å². The number of aliphatic carboxylic acids is 1. The lowest BCUT2D eigenvalue weighted by Gasteiger charge is -2.20. The molecule has 1 aromatic carbocycles. The van der Waals surface area contributed by atoms with Gasteiger partial charge in [-0.15, -0.1) is 0 Å². The standard InChI is InChI=1S/C13H18N2O5/c1-15(6-7-16)13(20)14-11(12(18)19)8-9-2-4-10(17)5-3-9/h2-5,11,16-17H,6-8H2,1H3,(H,14,20)(H,18,19)/t11-/m1/s1. The minimum atomic E-state index is -1.15. The number of carboxylic acids is 1. The van der Waals surface area contributed by atoms with E-state index in [4.69, 9.17) is 15.3 Å². The molecule has 2 amide bonds. The number of nitrogens with zero attached hydrogens (tertiary/aromatic N) is 1. The smallest absolute Gasteiger partial charge is 0.326 e. The molecule has 0 aliphatic rings. The highest BCUT2D eigenvalue weighted by Gasteiger charge is 2.21. The van der Waals surface area contributed by atoms with Crippen LogP contribution in [0.2, 0.25) is 0 Å². The first-order valence-electron chi connectivity index (χ1n) is 6.07. The van der Waals surface area contributed by atoms with E-state index >= 15 is 0 Å². The Labute approximate surface area is 116 Å². The first-order chi connectivity index (χ1) is 9.43. The lowest BCUT2D eigenvalue weighted by atomic mass is 10.1. The van der Waals surface area contributed by atoms with E-state index in [1.54, 1.807) is 12.1 Å². The highest BCUT2D eigenvalue weighted by molar-refractivity contribution is 5.82. The zero-order valence-corrected chi connectivity index (χ0v) is 11.1. The molecule has 1 aromatic rings. The van der Waals surface area contributed by atoms with E-state index in [1.807, 2.05) is 0 Å². The minimum Gasteiger partial charge on any atom is -0.508 e. The van der Waals surface area contributed by atoms with Crippen molar-refractivity contribution in [2.45, 2.75) is 12.5 Å². The average Bonchev–Trinajstić information content (AvgIpc) is 2.40. The van der Waals surface area contributed by atoms with Gasteiger partial charge in [0.15, 0.2) is 0 Å². The summed E-state index contributed by atoms with van der Waals surface area (Å²) in [6.07, 6.45) is 0.105. The lowest BCUT2D eigenvalue weighted by molar-refractivity contribution is -0.139. The zero-order chi connectivity index (χ0) is 15.1. The van der Waals surface area contributed by atoms with Crippen molar-refractivity contribution in [3.05, 3.63) is 29.8 Å². The Morgan fingerprint density at radius 3 is 2.40 bits per heavy atom.